The third-order valence-electron chi connectivity index (χ3n) is 3.72. The smallest absolute Gasteiger partial charge is 0.229 e. The Labute approximate surface area is 177 Å². The van der Waals surface area contributed by atoms with Crippen molar-refractivity contribution in [2.75, 3.05) is 29.0 Å². The number of imidazole rings is 1. The number of benzene rings is 1. The number of anilines is 4. The molecule has 3 aromatic rings. The van der Waals surface area contributed by atoms with E-state index in [4.69, 9.17) is 12.2 Å². The average molecular weight is 461 g/mol. The van der Waals surface area contributed by atoms with Crippen LogP contribution in [-0.4, -0.2) is 38.1 Å². The number of halogens is 1. The molecule has 0 saturated heterocycles. The Bertz CT molecular complexity index is 898. The second-order valence-corrected chi connectivity index (χ2v) is 7.09. The molecule has 0 aliphatic rings. The molecule has 0 spiro atoms. The molecule has 2 heterocycles. The first kappa shape index (κ1) is 20.0. The Morgan fingerprint density at radius 1 is 1.18 bits per heavy atom. The number of hydrogen-bond acceptors (Lipinski definition) is 6. The van der Waals surface area contributed by atoms with Crippen molar-refractivity contribution < 1.29 is 0 Å². The lowest BCUT2D eigenvalue weighted by Crippen LogP contribution is -2.27. The molecular weight excluding hydrogens is 440 g/mol. The molecule has 28 heavy (non-hydrogen) atoms. The summed E-state index contributed by atoms with van der Waals surface area (Å²) in [7, 11) is 0. The van der Waals surface area contributed by atoms with Crippen LogP contribution < -0.4 is 21.3 Å². The Hall–Kier alpha value is -2.72. The molecule has 0 aliphatic carbocycles. The molecule has 8 nitrogen and oxygen atoms in total. The Morgan fingerprint density at radius 2 is 1.96 bits per heavy atom. The summed E-state index contributed by atoms with van der Waals surface area (Å²) in [6.45, 7) is 3.51. The lowest BCUT2D eigenvalue weighted by molar-refractivity contribution is 0.962. The van der Waals surface area contributed by atoms with Crippen LogP contribution in [0.4, 0.5) is 23.1 Å². The minimum Gasteiger partial charge on any atom is -0.369 e. The summed E-state index contributed by atoms with van der Waals surface area (Å²) in [6, 6.07) is 7.75. The minimum atomic E-state index is 0.510. The Balaban J connectivity index is 1.58. The molecule has 2 aromatic heterocycles. The number of hydrogen-bond donors (Lipinski definition) is 5. The van der Waals surface area contributed by atoms with Crippen molar-refractivity contribution in [2.24, 2.45) is 0 Å². The van der Waals surface area contributed by atoms with Crippen LogP contribution in [0.15, 0.2) is 47.5 Å². The molecule has 5 N–H and O–H groups in total. The van der Waals surface area contributed by atoms with Crippen LogP contribution in [-0.2, 0) is 6.42 Å². The Kier molecular flexibility index (Phi) is 7.15. The second kappa shape index (κ2) is 10.00. The van der Waals surface area contributed by atoms with Gasteiger partial charge >= 0.3 is 0 Å². The lowest BCUT2D eigenvalue weighted by Gasteiger charge is -2.11. The first-order valence-electron chi connectivity index (χ1n) is 8.79. The minimum absolute atomic E-state index is 0.510. The summed E-state index contributed by atoms with van der Waals surface area (Å²) in [4.78, 5) is 15.9. The molecule has 146 valence electrons. The molecule has 3 rings (SSSR count). The van der Waals surface area contributed by atoms with Gasteiger partial charge in [0, 0.05) is 49.0 Å². The van der Waals surface area contributed by atoms with E-state index in [9.17, 15) is 0 Å². The maximum Gasteiger partial charge on any atom is 0.229 e. The van der Waals surface area contributed by atoms with E-state index in [0.29, 0.717) is 11.1 Å². The third kappa shape index (κ3) is 5.89. The number of nitrogens with zero attached hydrogens (tertiary/aromatic N) is 3. The van der Waals surface area contributed by atoms with Crippen LogP contribution in [0.2, 0.25) is 0 Å². The molecule has 0 radical (unpaired) electrons. The van der Waals surface area contributed by atoms with E-state index in [1.54, 1.807) is 12.5 Å². The van der Waals surface area contributed by atoms with E-state index in [0.717, 1.165) is 46.9 Å². The van der Waals surface area contributed by atoms with Gasteiger partial charge in [-0.2, -0.15) is 4.98 Å². The van der Waals surface area contributed by atoms with Gasteiger partial charge in [0.2, 0.25) is 5.95 Å². The predicted octanol–water partition coefficient (Wildman–Crippen LogP) is 3.67. The molecule has 1 aromatic carbocycles. The SMILES string of the molecule is CCNC(=S)Nc1ccc(Nc2ncc(Br)c(NCCc3cnc[nH]3)n2)cc1. The van der Waals surface area contributed by atoms with Crippen molar-refractivity contribution in [3.8, 4) is 0 Å². The number of rotatable bonds is 8. The van der Waals surface area contributed by atoms with Crippen LogP contribution in [0.25, 0.3) is 0 Å². The van der Waals surface area contributed by atoms with E-state index in [-0.39, 0.29) is 0 Å². The second-order valence-electron chi connectivity index (χ2n) is 5.83. The van der Waals surface area contributed by atoms with Gasteiger partial charge in [-0.1, -0.05) is 0 Å². The summed E-state index contributed by atoms with van der Waals surface area (Å²) in [5, 5.41) is 13.3. The molecular formula is C18H21BrN8S. The lowest BCUT2D eigenvalue weighted by atomic mass is 10.3. The summed E-state index contributed by atoms with van der Waals surface area (Å²) in [5.74, 6) is 1.24. The van der Waals surface area contributed by atoms with Crippen molar-refractivity contribution in [1.29, 1.82) is 0 Å². The van der Waals surface area contributed by atoms with Gasteiger partial charge < -0.3 is 26.3 Å². The van der Waals surface area contributed by atoms with E-state index in [1.807, 2.05) is 37.4 Å². The summed E-state index contributed by atoms with van der Waals surface area (Å²) in [5.41, 5.74) is 2.86. The highest BCUT2D eigenvalue weighted by atomic mass is 79.9. The van der Waals surface area contributed by atoms with Gasteiger partial charge in [-0.05, 0) is 59.3 Å². The van der Waals surface area contributed by atoms with E-state index >= 15 is 0 Å². The van der Waals surface area contributed by atoms with Crippen molar-refractivity contribution in [2.45, 2.75) is 13.3 Å². The molecule has 0 atom stereocenters. The third-order valence-corrected chi connectivity index (χ3v) is 4.55. The normalized spacial score (nSPS) is 10.4. The zero-order chi connectivity index (χ0) is 19.8. The highest BCUT2D eigenvalue weighted by Crippen LogP contribution is 2.22. The fourth-order valence-electron chi connectivity index (χ4n) is 2.39. The molecule has 0 aliphatic heterocycles. The average Bonchev–Trinajstić information content (AvgIpc) is 3.19. The fraction of sp³-hybridized carbons (Fsp3) is 0.222. The zero-order valence-electron chi connectivity index (χ0n) is 15.3. The monoisotopic (exact) mass is 460 g/mol. The maximum atomic E-state index is 5.19. The molecule has 0 amide bonds. The van der Waals surface area contributed by atoms with E-state index in [1.165, 1.54) is 0 Å². The van der Waals surface area contributed by atoms with Crippen molar-refractivity contribution in [3.05, 3.63) is 53.2 Å². The fourth-order valence-corrected chi connectivity index (χ4v) is 2.98. The van der Waals surface area contributed by atoms with Crippen LogP contribution in [0, 0.1) is 0 Å². The van der Waals surface area contributed by atoms with Gasteiger partial charge in [0.1, 0.15) is 5.82 Å². The maximum absolute atomic E-state index is 5.19. The van der Waals surface area contributed by atoms with Crippen molar-refractivity contribution in [3.63, 3.8) is 0 Å². The van der Waals surface area contributed by atoms with Gasteiger partial charge in [-0.3, -0.25) is 0 Å². The Morgan fingerprint density at radius 3 is 2.68 bits per heavy atom. The summed E-state index contributed by atoms with van der Waals surface area (Å²) in [6.07, 6.45) is 6.03. The highest BCUT2D eigenvalue weighted by Gasteiger charge is 2.06. The quantitative estimate of drug-likeness (QED) is 0.324. The molecule has 10 heteroatoms. The number of H-pyrrole nitrogens is 1. The number of aromatic amines is 1. The molecule has 0 bridgehead atoms. The van der Waals surface area contributed by atoms with Gasteiger partial charge in [0.25, 0.3) is 0 Å². The standard InChI is InChI=1S/C18H21BrN8S/c1-2-21-18(28)26-13-5-3-12(4-6-13)25-17-23-10-15(19)16(27-17)22-8-7-14-9-20-11-24-14/h3-6,9-11H,2,7-8H2,1H3,(H,20,24)(H2,21,26,28)(H2,22,23,25,27). The van der Waals surface area contributed by atoms with E-state index in [2.05, 4.69) is 57.1 Å². The first-order valence-corrected chi connectivity index (χ1v) is 9.99. The van der Waals surface area contributed by atoms with Gasteiger partial charge in [-0.25, -0.2) is 9.97 Å². The van der Waals surface area contributed by atoms with Gasteiger partial charge in [0.15, 0.2) is 5.11 Å². The van der Waals surface area contributed by atoms with Gasteiger partial charge in [0.05, 0.1) is 10.8 Å². The van der Waals surface area contributed by atoms with Crippen molar-refractivity contribution >= 4 is 56.4 Å². The number of nitrogens with one attached hydrogen (secondary N) is 5. The van der Waals surface area contributed by atoms with Crippen LogP contribution >= 0.6 is 28.1 Å². The van der Waals surface area contributed by atoms with Crippen LogP contribution in [0.1, 0.15) is 12.6 Å². The summed E-state index contributed by atoms with van der Waals surface area (Å²) < 4.78 is 0.805. The first-order chi connectivity index (χ1) is 13.6. The number of thiocarbonyl (C=S) groups is 1. The molecule has 0 saturated carbocycles. The zero-order valence-corrected chi connectivity index (χ0v) is 17.7. The van der Waals surface area contributed by atoms with Crippen LogP contribution in [0.3, 0.4) is 0 Å². The van der Waals surface area contributed by atoms with Gasteiger partial charge in [-0.15, -0.1) is 0 Å². The topological polar surface area (TPSA) is 103 Å². The largest absolute Gasteiger partial charge is 0.369 e. The molecule has 0 fully saturated rings. The predicted molar refractivity (Wildman–Crippen MR) is 120 cm³/mol. The molecule has 0 unspecified atom stereocenters. The summed E-state index contributed by atoms with van der Waals surface area (Å²) >= 11 is 8.66. The van der Waals surface area contributed by atoms with Crippen LogP contribution in [0.5, 0.6) is 0 Å². The van der Waals surface area contributed by atoms with E-state index < -0.39 is 0 Å². The number of aromatic nitrogens is 4. The van der Waals surface area contributed by atoms with Crippen molar-refractivity contribution in [1.82, 2.24) is 25.3 Å². The highest BCUT2D eigenvalue weighted by molar-refractivity contribution is 9.10.